The first kappa shape index (κ1) is 14.5. The predicted octanol–water partition coefficient (Wildman–Crippen LogP) is 1.77. The molecule has 98 valence electrons. The first-order valence-electron chi connectivity index (χ1n) is 4.64. The second-order valence-electron chi connectivity index (χ2n) is 3.18. The molecule has 1 rings (SSSR count). The summed E-state index contributed by atoms with van der Waals surface area (Å²) in [6, 6.07) is 1.66. The quantitative estimate of drug-likeness (QED) is 0.810. The van der Waals surface area contributed by atoms with Gasteiger partial charge in [-0.3, -0.25) is 4.79 Å². The lowest BCUT2D eigenvalue weighted by molar-refractivity contribution is -0.143. The van der Waals surface area contributed by atoms with Crippen LogP contribution in [0.4, 0.5) is 14.5 Å². The van der Waals surface area contributed by atoms with E-state index in [1.165, 1.54) is 0 Å². The highest BCUT2D eigenvalue weighted by Crippen LogP contribution is 2.23. The number of carboxylic acids is 1. The Labute approximate surface area is 109 Å². The van der Waals surface area contributed by atoms with Gasteiger partial charge in [0.25, 0.3) is 0 Å². The number of carbonyl (C=O) groups excluding carboxylic acids is 1. The van der Waals surface area contributed by atoms with Crippen LogP contribution in [0.1, 0.15) is 0 Å². The van der Waals surface area contributed by atoms with Gasteiger partial charge >= 0.3 is 5.97 Å². The van der Waals surface area contributed by atoms with Crippen LogP contribution in [0.25, 0.3) is 0 Å². The Hall–Kier alpha value is -1.54. The van der Waals surface area contributed by atoms with Crippen molar-refractivity contribution < 1.29 is 28.2 Å². The molecule has 0 spiro atoms. The summed E-state index contributed by atoms with van der Waals surface area (Å²) in [5.41, 5.74) is -0.348. The topological polar surface area (TPSA) is 75.6 Å². The minimum Gasteiger partial charge on any atom is -0.480 e. The number of nitrogens with one attached hydrogen (secondary N) is 1. The van der Waals surface area contributed by atoms with E-state index in [1.807, 2.05) is 0 Å². The minimum absolute atomic E-state index is 0.0693. The molecule has 0 heterocycles. The molecule has 0 aliphatic rings. The zero-order valence-corrected chi connectivity index (χ0v) is 10.5. The van der Waals surface area contributed by atoms with Crippen LogP contribution in [-0.4, -0.2) is 30.2 Å². The molecule has 0 aliphatic carbocycles. The number of carboxylic acid groups (broad SMARTS) is 1. The fraction of sp³-hybridized carbons (Fsp3) is 0.200. The van der Waals surface area contributed by atoms with Crippen molar-refractivity contribution in [2.24, 2.45) is 0 Å². The zero-order valence-electron chi connectivity index (χ0n) is 8.87. The number of rotatable bonds is 5. The molecule has 0 saturated carbocycles. The molecule has 1 amide bonds. The van der Waals surface area contributed by atoms with Crippen LogP contribution in [0.2, 0.25) is 0 Å². The molecule has 0 radical (unpaired) electrons. The summed E-state index contributed by atoms with van der Waals surface area (Å²) in [6.07, 6.45) is 0. The fourth-order valence-electron chi connectivity index (χ4n) is 1.04. The van der Waals surface area contributed by atoms with E-state index in [0.717, 1.165) is 12.1 Å². The van der Waals surface area contributed by atoms with Crippen molar-refractivity contribution in [2.45, 2.75) is 0 Å². The third kappa shape index (κ3) is 4.38. The summed E-state index contributed by atoms with van der Waals surface area (Å²) in [5.74, 6) is -3.58. The van der Waals surface area contributed by atoms with E-state index in [4.69, 9.17) is 5.11 Å². The van der Waals surface area contributed by atoms with E-state index in [9.17, 15) is 18.4 Å². The van der Waals surface area contributed by atoms with E-state index in [2.05, 4.69) is 26.0 Å². The highest BCUT2D eigenvalue weighted by molar-refractivity contribution is 9.10. The van der Waals surface area contributed by atoms with E-state index >= 15 is 0 Å². The summed E-state index contributed by atoms with van der Waals surface area (Å²) < 4.78 is 30.8. The normalized spacial score (nSPS) is 10.2. The predicted molar refractivity (Wildman–Crippen MR) is 61.1 cm³/mol. The maximum atomic E-state index is 13.3. The van der Waals surface area contributed by atoms with Gasteiger partial charge in [-0.05, 0) is 22.0 Å². The van der Waals surface area contributed by atoms with Gasteiger partial charge in [0.15, 0.2) is 0 Å². The largest absolute Gasteiger partial charge is 0.480 e. The number of carbonyl (C=O) groups is 2. The Morgan fingerprint density at radius 2 is 1.94 bits per heavy atom. The summed E-state index contributed by atoms with van der Waals surface area (Å²) >= 11 is 2.79. The Morgan fingerprint density at radius 3 is 2.56 bits per heavy atom. The fourth-order valence-corrected chi connectivity index (χ4v) is 1.35. The van der Waals surface area contributed by atoms with Gasteiger partial charge in [0.05, 0.1) is 10.2 Å². The number of benzene rings is 1. The van der Waals surface area contributed by atoms with Crippen LogP contribution in [0.5, 0.6) is 0 Å². The molecule has 0 atom stereocenters. The van der Waals surface area contributed by atoms with Crippen LogP contribution in [-0.2, 0) is 14.3 Å². The van der Waals surface area contributed by atoms with E-state index in [1.54, 1.807) is 0 Å². The molecule has 1 aromatic carbocycles. The Bertz CT molecular complexity index is 481. The summed E-state index contributed by atoms with van der Waals surface area (Å²) in [6.45, 7) is -1.21. The van der Waals surface area contributed by atoms with Crippen LogP contribution < -0.4 is 5.32 Å². The van der Waals surface area contributed by atoms with E-state index < -0.39 is 36.7 Å². The van der Waals surface area contributed by atoms with Gasteiger partial charge in [-0.1, -0.05) is 0 Å². The second-order valence-corrected chi connectivity index (χ2v) is 4.04. The lowest BCUT2D eigenvalue weighted by Gasteiger charge is -2.07. The highest BCUT2D eigenvalue weighted by Gasteiger charge is 2.11. The van der Waals surface area contributed by atoms with E-state index in [-0.39, 0.29) is 10.2 Å². The maximum Gasteiger partial charge on any atom is 0.329 e. The third-order valence-electron chi connectivity index (χ3n) is 1.74. The lowest BCUT2D eigenvalue weighted by atomic mass is 10.3. The lowest BCUT2D eigenvalue weighted by Crippen LogP contribution is -2.21. The van der Waals surface area contributed by atoms with Crippen LogP contribution in [0.15, 0.2) is 16.6 Å². The monoisotopic (exact) mass is 323 g/mol. The molecule has 1 aromatic rings. The minimum atomic E-state index is -1.23. The average molecular weight is 324 g/mol. The van der Waals surface area contributed by atoms with Crippen molar-refractivity contribution in [2.75, 3.05) is 18.5 Å². The van der Waals surface area contributed by atoms with Crippen LogP contribution in [0, 0.1) is 11.6 Å². The van der Waals surface area contributed by atoms with Crippen LogP contribution >= 0.6 is 15.9 Å². The van der Waals surface area contributed by atoms with Crippen molar-refractivity contribution in [1.82, 2.24) is 0 Å². The number of halogens is 3. The Morgan fingerprint density at radius 1 is 1.28 bits per heavy atom. The van der Waals surface area contributed by atoms with Gasteiger partial charge in [-0.15, -0.1) is 0 Å². The molecule has 18 heavy (non-hydrogen) atoms. The smallest absolute Gasteiger partial charge is 0.329 e. The number of hydrogen-bond acceptors (Lipinski definition) is 3. The maximum absolute atomic E-state index is 13.3. The molecular formula is C10H8BrF2NO4. The number of hydrogen-bond donors (Lipinski definition) is 2. The number of amides is 1. The van der Waals surface area contributed by atoms with Gasteiger partial charge in [-0.25, -0.2) is 13.6 Å². The molecule has 0 aromatic heterocycles. The number of aliphatic carboxylic acids is 1. The van der Waals surface area contributed by atoms with Crippen molar-refractivity contribution in [3.05, 3.63) is 28.2 Å². The average Bonchev–Trinajstić information content (AvgIpc) is 2.25. The van der Waals surface area contributed by atoms with Gasteiger partial charge in [0, 0.05) is 6.07 Å². The second kappa shape index (κ2) is 6.41. The standard InChI is InChI=1S/C10H8BrF2NO4/c11-5-1-7(13)8(2-6(5)12)14-9(15)3-18-4-10(16)17/h1-2H,3-4H2,(H,14,15)(H,16,17). The highest BCUT2D eigenvalue weighted by atomic mass is 79.9. The molecule has 5 nitrogen and oxygen atoms in total. The zero-order chi connectivity index (χ0) is 13.7. The first-order chi connectivity index (χ1) is 8.40. The van der Waals surface area contributed by atoms with Gasteiger partial charge in [0.1, 0.15) is 24.8 Å². The Kier molecular flexibility index (Phi) is 5.17. The van der Waals surface area contributed by atoms with Crippen molar-refractivity contribution in [3.8, 4) is 0 Å². The van der Waals surface area contributed by atoms with Gasteiger partial charge < -0.3 is 15.2 Å². The van der Waals surface area contributed by atoms with Crippen molar-refractivity contribution in [1.29, 1.82) is 0 Å². The molecule has 8 heteroatoms. The van der Waals surface area contributed by atoms with Crippen LogP contribution in [0.3, 0.4) is 0 Å². The first-order valence-corrected chi connectivity index (χ1v) is 5.43. The summed E-state index contributed by atoms with van der Waals surface area (Å²) in [4.78, 5) is 21.3. The third-order valence-corrected chi connectivity index (χ3v) is 2.35. The summed E-state index contributed by atoms with van der Waals surface area (Å²) in [7, 11) is 0. The SMILES string of the molecule is O=C(O)COCC(=O)Nc1cc(F)c(Br)cc1F. The number of anilines is 1. The van der Waals surface area contributed by atoms with Crippen molar-refractivity contribution in [3.63, 3.8) is 0 Å². The molecular weight excluding hydrogens is 316 g/mol. The molecule has 0 aliphatic heterocycles. The van der Waals surface area contributed by atoms with Gasteiger partial charge in [-0.2, -0.15) is 0 Å². The Balaban J connectivity index is 2.59. The van der Waals surface area contributed by atoms with Gasteiger partial charge in [0.2, 0.25) is 5.91 Å². The summed E-state index contributed by atoms with van der Waals surface area (Å²) in [5, 5.41) is 10.3. The number of ether oxygens (including phenoxy) is 1. The van der Waals surface area contributed by atoms with E-state index in [0.29, 0.717) is 0 Å². The molecule has 2 N–H and O–H groups in total. The molecule has 0 saturated heterocycles. The molecule has 0 unspecified atom stereocenters. The molecule has 0 bridgehead atoms. The molecule has 0 fully saturated rings. The van der Waals surface area contributed by atoms with Crippen molar-refractivity contribution >= 4 is 33.5 Å².